The lowest BCUT2D eigenvalue weighted by Gasteiger charge is -2.15. The van der Waals surface area contributed by atoms with Crippen LogP contribution >= 0.6 is 11.8 Å². The van der Waals surface area contributed by atoms with Crippen LogP contribution in [0.5, 0.6) is 0 Å². The van der Waals surface area contributed by atoms with E-state index in [2.05, 4.69) is 20.6 Å². The highest BCUT2D eigenvalue weighted by atomic mass is 32.2. The molecule has 28 heavy (non-hydrogen) atoms. The molecule has 0 saturated heterocycles. The first-order valence-corrected chi connectivity index (χ1v) is 9.54. The van der Waals surface area contributed by atoms with Crippen molar-refractivity contribution in [2.75, 3.05) is 12.3 Å². The molecule has 0 aliphatic rings. The Labute approximate surface area is 164 Å². The molecule has 10 heteroatoms. The highest BCUT2D eigenvalue weighted by molar-refractivity contribution is 7.99. The molecule has 3 aromatic rings. The van der Waals surface area contributed by atoms with Gasteiger partial charge in [-0.05, 0) is 37.3 Å². The number of thioether (sulfide) groups is 1. The number of hydrogen-bond donors (Lipinski definition) is 1. The fraction of sp³-hybridized carbons (Fsp3) is 0.278. The number of amides is 1. The van der Waals surface area contributed by atoms with E-state index in [9.17, 15) is 14.0 Å². The standard InChI is InChI=1S/C18H19FN6O2S/c1-12(17(27)20-9-10-28-18-22-21-11-24(18)2)25-16(26)8-7-15(23-25)13-3-5-14(19)6-4-13/h3-8,11-12H,9-10H2,1-2H3,(H,20,27). The average Bonchev–Trinajstić information content (AvgIpc) is 3.10. The van der Waals surface area contributed by atoms with Gasteiger partial charge in [0.05, 0.1) is 5.69 Å². The van der Waals surface area contributed by atoms with Crippen LogP contribution in [0.3, 0.4) is 0 Å². The van der Waals surface area contributed by atoms with Gasteiger partial charge < -0.3 is 9.88 Å². The third-order valence-corrected chi connectivity index (χ3v) is 5.05. The molecule has 0 aliphatic carbocycles. The molecule has 146 valence electrons. The fourth-order valence-electron chi connectivity index (χ4n) is 2.46. The molecule has 1 amide bonds. The minimum atomic E-state index is -0.785. The van der Waals surface area contributed by atoms with E-state index in [0.717, 1.165) is 9.84 Å². The molecule has 0 bridgehead atoms. The first-order chi connectivity index (χ1) is 13.5. The number of carbonyl (C=O) groups excluding carboxylic acids is 1. The summed E-state index contributed by atoms with van der Waals surface area (Å²) in [7, 11) is 1.84. The van der Waals surface area contributed by atoms with E-state index in [4.69, 9.17) is 0 Å². The van der Waals surface area contributed by atoms with Crippen molar-refractivity contribution in [1.82, 2.24) is 29.9 Å². The maximum absolute atomic E-state index is 13.1. The normalized spacial score (nSPS) is 12.0. The Morgan fingerprint density at radius 3 is 2.68 bits per heavy atom. The number of benzene rings is 1. The predicted molar refractivity (Wildman–Crippen MR) is 103 cm³/mol. The maximum atomic E-state index is 13.1. The van der Waals surface area contributed by atoms with Crippen molar-refractivity contribution in [2.24, 2.45) is 7.05 Å². The van der Waals surface area contributed by atoms with Crippen LogP contribution in [0.2, 0.25) is 0 Å². The summed E-state index contributed by atoms with van der Waals surface area (Å²) >= 11 is 1.47. The summed E-state index contributed by atoms with van der Waals surface area (Å²) in [5.41, 5.74) is 0.752. The second kappa shape index (κ2) is 8.79. The summed E-state index contributed by atoms with van der Waals surface area (Å²) in [6.45, 7) is 2.01. The van der Waals surface area contributed by atoms with Crippen LogP contribution in [-0.2, 0) is 11.8 Å². The molecule has 3 rings (SSSR count). The van der Waals surface area contributed by atoms with Crippen molar-refractivity contribution in [3.63, 3.8) is 0 Å². The summed E-state index contributed by atoms with van der Waals surface area (Å²) in [5, 5.41) is 15.6. The summed E-state index contributed by atoms with van der Waals surface area (Å²) in [6.07, 6.45) is 1.61. The Bertz CT molecular complexity index is 1020. The van der Waals surface area contributed by atoms with Gasteiger partial charge in [0.2, 0.25) is 5.91 Å². The molecule has 1 atom stereocenters. The molecule has 0 aliphatic heterocycles. The minimum Gasteiger partial charge on any atom is -0.353 e. The Morgan fingerprint density at radius 1 is 1.25 bits per heavy atom. The zero-order chi connectivity index (χ0) is 20.1. The molecular weight excluding hydrogens is 383 g/mol. The zero-order valence-electron chi connectivity index (χ0n) is 15.4. The number of carbonyl (C=O) groups is 1. The van der Waals surface area contributed by atoms with Crippen LogP contribution in [0.25, 0.3) is 11.3 Å². The lowest BCUT2D eigenvalue weighted by atomic mass is 10.1. The summed E-state index contributed by atoms with van der Waals surface area (Å²) < 4.78 is 16.0. The van der Waals surface area contributed by atoms with E-state index in [0.29, 0.717) is 23.6 Å². The molecule has 0 spiro atoms. The molecule has 0 radical (unpaired) electrons. The van der Waals surface area contributed by atoms with E-state index in [-0.39, 0.29) is 17.3 Å². The third kappa shape index (κ3) is 4.63. The molecule has 0 fully saturated rings. The number of rotatable bonds is 7. The Hall–Kier alpha value is -3.01. The minimum absolute atomic E-state index is 0.315. The van der Waals surface area contributed by atoms with Crippen molar-refractivity contribution >= 4 is 17.7 Å². The van der Waals surface area contributed by atoms with Crippen LogP contribution in [0.1, 0.15) is 13.0 Å². The molecule has 2 heterocycles. The number of halogens is 1. The largest absolute Gasteiger partial charge is 0.353 e. The van der Waals surface area contributed by atoms with Gasteiger partial charge in [0.1, 0.15) is 18.2 Å². The number of nitrogens with zero attached hydrogens (tertiary/aromatic N) is 5. The summed E-state index contributed by atoms with van der Waals surface area (Å²) in [4.78, 5) is 24.6. The molecule has 1 unspecified atom stereocenters. The van der Waals surface area contributed by atoms with E-state index < -0.39 is 6.04 Å². The maximum Gasteiger partial charge on any atom is 0.267 e. The van der Waals surface area contributed by atoms with E-state index >= 15 is 0 Å². The van der Waals surface area contributed by atoms with E-state index in [1.807, 2.05) is 7.05 Å². The van der Waals surface area contributed by atoms with Crippen molar-refractivity contribution < 1.29 is 9.18 Å². The highest BCUT2D eigenvalue weighted by Crippen LogP contribution is 2.16. The van der Waals surface area contributed by atoms with Gasteiger partial charge in [-0.25, -0.2) is 9.07 Å². The van der Waals surface area contributed by atoms with Gasteiger partial charge in [0.25, 0.3) is 5.56 Å². The fourth-order valence-corrected chi connectivity index (χ4v) is 3.20. The zero-order valence-corrected chi connectivity index (χ0v) is 16.2. The van der Waals surface area contributed by atoms with E-state index in [1.165, 1.54) is 30.0 Å². The van der Waals surface area contributed by atoms with Crippen molar-refractivity contribution in [2.45, 2.75) is 18.1 Å². The van der Waals surface area contributed by atoms with Gasteiger partial charge in [-0.2, -0.15) is 5.10 Å². The molecular formula is C18H19FN6O2S. The third-order valence-electron chi connectivity index (χ3n) is 4.01. The van der Waals surface area contributed by atoms with Crippen LogP contribution in [0.4, 0.5) is 4.39 Å². The Kier molecular flexibility index (Phi) is 6.19. The molecule has 8 nitrogen and oxygen atoms in total. The number of hydrogen-bond acceptors (Lipinski definition) is 6. The van der Waals surface area contributed by atoms with Crippen LogP contribution < -0.4 is 10.9 Å². The van der Waals surface area contributed by atoms with Crippen molar-refractivity contribution in [3.8, 4) is 11.3 Å². The lowest BCUT2D eigenvalue weighted by Crippen LogP contribution is -2.37. The van der Waals surface area contributed by atoms with Gasteiger partial charge in [-0.15, -0.1) is 10.2 Å². The quantitative estimate of drug-likeness (QED) is 0.477. The number of aromatic nitrogens is 5. The SMILES string of the molecule is CC(C(=O)NCCSc1nncn1C)n1nc(-c2ccc(F)cc2)ccc1=O. The lowest BCUT2D eigenvalue weighted by molar-refractivity contribution is -0.124. The Morgan fingerprint density at radius 2 is 2.00 bits per heavy atom. The molecule has 1 N–H and O–H groups in total. The second-order valence-corrected chi connectivity index (χ2v) is 7.11. The topological polar surface area (TPSA) is 94.7 Å². The molecule has 1 aromatic carbocycles. The Balaban J connectivity index is 1.64. The van der Waals surface area contributed by atoms with Crippen molar-refractivity contribution in [3.05, 3.63) is 58.9 Å². The van der Waals surface area contributed by atoms with E-state index in [1.54, 1.807) is 36.0 Å². The first-order valence-electron chi connectivity index (χ1n) is 8.56. The highest BCUT2D eigenvalue weighted by Gasteiger charge is 2.18. The molecule has 2 aromatic heterocycles. The van der Waals surface area contributed by atoms with Gasteiger partial charge in [0.15, 0.2) is 5.16 Å². The monoisotopic (exact) mass is 402 g/mol. The van der Waals surface area contributed by atoms with Crippen LogP contribution in [0, 0.1) is 5.82 Å². The van der Waals surface area contributed by atoms with Crippen molar-refractivity contribution in [1.29, 1.82) is 0 Å². The van der Waals surface area contributed by atoms with Crippen LogP contribution in [0.15, 0.2) is 52.7 Å². The number of nitrogens with one attached hydrogen (secondary N) is 1. The second-order valence-electron chi connectivity index (χ2n) is 6.05. The summed E-state index contributed by atoms with van der Waals surface area (Å²) in [5.74, 6) is -0.0587. The number of aryl methyl sites for hydroxylation is 1. The average molecular weight is 402 g/mol. The smallest absolute Gasteiger partial charge is 0.267 e. The van der Waals surface area contributed by atoms with Gasteiger partial charge in [0, 0.05) is 31.0 Å². The van der Waals surface area contributed by atoms with Gasteiger partial charge in [-0.1, -0.05) is 11.8 Å². The summed E-state index contributed by atoms with van der Waals surface area (Å²) in [6, 6.07) is 7.89. The molecule has 0 saturated carbocycles. The van der Waals surface area contributed by atoms with Gasteiger partial charge in [-0.3, -0.25) is 9.59 Å². The first kappa shape index (κ1) is 19.7. The predicted octanol–water partition coefficient (Wildman–Crippen LogP) is 1.65. The van der Waals surface area contributed by atoms with Crippen LogP contribution in [-0.4, -0.2) is 42.7 Å². The van der Waals surface area contributed by atoms with Gasteiger partial charge >= 0.3 is 0 Å².